The molecular weight excluding hydrogens is 431 g/mol. The van der Waals surface area contributed by atoms with Crippen LogP contribution in [0.15, 0.2) is 53.7 Å². The van der Waals surface area contributed by atoms with Crippen molar-refractivity contribution >= 4 is 53.5 Å². The molecule has 9 heteroatoms. The van der Waals surface area contributed by atoms with Gasteiger partial charge >= 0.3 is 0 Å². The molecule has 1 amide bonds. The SMILES string of the molecule is COCCNCCNC(=O)c1ccccc1CSc1nc2ccccc2[nH]1.Cl.Cl. The average molecular weight is 457 g/mol. The monoisotopic (exact) mass is 456 g/mol. The number of fused-ring (bicyclic) bond motifs is 1. The van der Waals surface area contributed by atoms with E-state index in [1.165, 1.54) is 0 Å². The second-order valence-corrected chi connectivity index (χ2v) is 6.97. The number of imidazole rings is 1. The molecule has 158 valence electrons. The predicted octanol–water partition coefficient (Wildman–Crippen LogP) is 3.66. The molecule has 0 aliphatic heterocycles. The molecule has 0 saturated carbocycles. The van der Waals surface area contributed by atoms with Crippen LogP contribution in [0, 0.1) is 0 Å². The molecule has 0 unspecified atom stereocenters. The van der Waals surface area contributed by atoms with E-state index in [0.29, 0.717) is 31.0 Å². The van der Waals surface area contributed by atoms with E-state index in [1.54, 1.807) is 18.9 Å². The number of halogens is 2. The summed E-state index contributed by atoms with van der Waals surface area (Å²) >= 11 is 1.60. The van der Waals surface area contributed by atoms with Gasteiger partial charge in [0.2, 0.25) is 0 Å². The van der Waals surface area contributed by atoms with Gasteiger partial charge in [-0.3, -0.25) is 4.79 Å². The summed E-state index contributed by atoms with van der Waals surface area (Å²) in [7, 11) is 1.67. The molecule has 3 aromatic rings. The van der Waals surface area contributed by atoms with Gasteiger partial charge in [0, 0.05) is 38.1 Å². The molecule has 1 aromatic heterocycles. The van der Waals surface area contributed by atoms with Crippen molar-refractivity contribution in [1.82, 2.24) is 20.6 Å². The number of hydrogen-bond donors (Lipinski definition) is 3. The van der Waals surface area contributed by atoms with Crippen molar-refractivity contribution < 1.29 is 9.53 Å². The van der Waals surface area contributed by atoms with Gasteiger partial charge in [-0.05, 0) is 23.8 Å². The highest BCUT2D eigenvalue weighted by Gasteiger charge is 2.11. The number of rotatable bonds is 10. The molecule has 2 aromatic carbocycles. The van der Waals surface area contributed by atoms with Gasteiger partial charge in [-0.2, -0.15) is 0 Å². The maximum atomic E-state index is 12.5. The van der Waals surface area contributed by atoms with Crippen molar-refractivity contribution in [2.75, 3.05) is 33.4 Å². The number of amides is 1. The topological polar surface area (TPSA) is 79.0 Å². The van der Waals surface area contributed by atoms with Crippen LogP contribution in [0.5, 0.6) is 0 Å². The average Bonchev–Trinajstić information content (AvgIpc) is 3.12. The first-order valence-corrected chi connectivity index (χ1v) is 9.90. The van der Waals surface area contributed by atoms with Crippen LogP contribution in [0.2, 0.25) is 0 Å². The van der Waals surface area contributed by atoms with Crippen molar-refractivity contribution in [2.24, 2.45) is 0 Å². The van der Waals surface area contributed by atoms with Crippen molar-refractivity contribution in [3.63, 3.8) is 0 Å². The highest BCUT2D eigenvalue weighted by atomic mass is 35.5. The zero-order valence-electron chi connectivity index (χ0n) is 16.1. The number of nitrogens with zero attached hydrogens (tertiary/aromatic N) is 1. The van der Waals surface area contributed by atoms with Gasteiger partial charge in [-0.15, -0.1) is 24.8 Å². The third-order valence-corrected chi connectivity index (χ3v) is 4.99. The third-order valence-electron chi connectivity index (χ3n) is 4.06. The predicted molar refractivity (Wildman–Crippen MR) is 124 cm³/mol. The van der Waals surface area contributed by atoms with Crippen LogP contribution in [0.3, 0.4) is 0 Å². The molecular formula is C20H26Cl2N4O2S. The maximum absolute atomic E-state index is 12.5. The first-order valence-electron chi connectivity index (χ1n) is 8.91. The Morgan fingerprint density at radius 1 is 1.07 bits per heavy atom. The Labute approximate surface area is 187 Å². The fourth-order valence-electron chi connectivity index (χ4n) is 2.67. The van der Waals surface area contributed by atoms with Crippen molar-refractivity contribution in [1.29, 1.82) is 0 Å². The van der Waals surface area contributed by atoms with E-state index in [2.05, 4.69) is 20.6 Å². The largest absolute Gasteiger partial charge is 0.383 e. The van der Waals surface area contributed by atoms with E-state index in [0.717, 1.165) is 28.3 Å². The lowest BCUT2D eigenvalue weighted by atomic mass is 10.1. The van der Waals surface area contributed by atoms with Crippen LogP contribution in [0.25, 0.3) is 11.0 Å². The minimum atomic E-state index is -0.0515. The number of aromatic amines is 1. The lowest BCUT2D eigenvalue weighted by Gasteiger charge is -2.10. The standard InChI is InChI=1S/C20H24N4O2S.2ClH/c1-26-13-12-21-10-11-22-19(25)16-7-3-2-6-15(16)14-27-20-23-17-8-4-5-9-18(17)24-20;;/h2-9,21H,10-14H2,1H3,(H,22,25)(H,23,24);2*1H. The number of carbonyl (C=O) groups is 1. The van der Waals surface area contributed by atoms with Crippen LogP contribution in [0.1, 0.15) is 15.9 Å². The minimum Gasteiger partial charge on any atom is -0.383 e. The Balaban J connectivity index is 0.00000210. The molecule has 3 rings (SSSR count). The first kappa shape index (κ1) is 25.3. The number of para-hydroxylation sites is 2. The molecule has 0 atom stereocenters. The van der Waals surface area contributed by atoms with E-state index < -0.39 is 0 Å². The maximum Gasteiger partial charge on any atom is 0.251 e. The summed E-state index contributed by atoms with van der Waals surface area (Å²) in [6, 6.07) is 15.6. The molecule has 0 aliphatic rings. The third kappa shape index (κ3) is 7.53. The Kier molecular flexibility index (Phi) is 11.7. The Morgan fingerprint density at radius 2 is 1.83 bits per heavy atom. The minimum absolute atomic E-state index is 0. The summed E-state index contributed by atoms with van der Waals surface area (Å²) < 4.78 is 4.98. The van der Waals surface area contributed by atoms with E-state index in [9.17, 15) is 4.79 Å². The number of thioether (sulfide) groups is 1. The van der Waals surface area contributed by atoms with Gasteiger partial charge in [0.1, 0.15) is 0 Å². The van der Waals surface area contributed by atoms with Crippen molar-refractivity contribution in [2.45, 2.75) is 10.9 Å². The summed E-state index contributed by atoms with van der Waals surface area (Å²) in [6.45, 7) is 2.73. The van der Waals surface area contributed by atoms with Gasteiger partial charge < -0.3 is 20.4 Å². The second kappa shape index (κ2) is 13.5. The van der Waals surface area contributed by atoms with Gasteiger partial charge in [0.05, 0.1) is 17.6 Å². The van der Waals surface area contributed by atoms with E-state index in [-0.39, 0.29) is 30.7 Å². The van der Waals surface area contributed by atoms with E-state index in [4.69, 9.17) is 4.74 Å². The summed E-state index contributed by atoms with van der Waals surface area (Å²) in [4.78, 5) is 20.4. The zero-order chi connectivity index (χ0) is 18.9. The summed E-state index contributed by atoms with van der Waals surface area (Å²) in [5, 5.41) is 7.03. The molecule has 1 heterocycles. The van der Waals surface area contributed by atoms with Gasteiger partial charge in [0.15, 0.2) is 5.16 Å². The lowest BCUT2D eigenvalue weighted by Crippen LogP contribution is -2.33. The Morgan fingerprint density at radius 3 is 2.62 bits per heavy atom. The van der Waals surface area contributed by atoms with E-state index >= 15 is 0 Å². The molecule has 0 saturated heterocycles. The lowest BCUT2D eigenvalue weighted by molar-refractivity contribution is 0.0953. The van der Waals surface area contributed by atoms with Crippen LogP contribution in [-0.4, -0.2) is 49.2 Å². The molecule has 0 aliphatic carbocycles. The molecule has 3 N–H and O–H groups in total. The quantitative estimate of drug-likeness (QED) is 0.320. The van der Waals surface area contributed by atoms with Crippen LogP contribution in [-0.2, 0) is 10.5 Å². The van der Waals surface area contributed by atoms with Gasteiger partial charge in [-0.1, -0.05) is 42.1 Å². The molecule has 0 bridgehead atoms. The van der Waals surface area contributed by atoms with Crippen molar-refractivity contribution in [3.05, 3.63) is 59.7 Å². The van der Waals surface area contributed by atoms with Crippen molar-refractivity contribution in [3.8, 4) is 0 Å². The highest BCUT2D eigenvalue weighted by molar-refractivity contribution is 7.98. The fraction of sp³-hybridized carbons (Fsp3) is 0.300. The van der Waals surface area contributed by atoms with Crippen LogP contribution in [0.4, 0.5) is 0 Å². The van der Waals surface area contributed by atoms with Crippen LogP contribution < -0.4 is 10.6 Å². The number of hydrogen-bond acceptors (Lipinski definition) is 5. The number of carbonyl (C=O) groups excluding carboxylic acids is 1. The van der Waals surface area contributed by atoms with Gasteiger partial charge in [0.25, 0.3) is 5.91 Å². The Bertz CT molecular complexity index is 859. The smallest absolute Gasteiger partial charge is 0.251 e. The molecule has 0 fully saturated rings. The number of nitrogens with one attached hydrogen (secondary N) is 3. The van der Waals surface area contributed by atoms with Crippen LogP contribution >= 0.6 is 36.6 Å². The number of aromatic nitrogens is 2. The zero-order valence-corrected chi connectivity index (χ0v) is 18.6. The first-order chi connectivity index (χ1) is 13.3. The number of benzene rings is 2. The Hall–Kier alpha value is -1.77. The fourth-order valence-corrected chi connectivity index (χ4v) is 3.56. The van der Waals surface area contributed by atoms with E-state index in [1.807, 2.05) is 48.5 Å². The number of H-pyrrole nitrogens is 1. The molecule has 0 radical (unpaired) electrons. The number of ether oxygens (including phenoxy) is 1. The highest BCUT2D eigenvalue weighted by Crippen LogP contribution is 2.24. The normalized spacial score (nSPS) is 10.2. The van der Waals surface area contributed by atoms with Gasteiger partial charge in [-0.25, -0.2) is 4.98 Å². The molecule has 0 spiro atoms. The number of methoxy groups -OCH3 is 1. The molecule has 6 nitrogen and oxygen atoms in total. The second-order valence-electron chi connectivity index (χ2n) is 6.00. The molecule has 29 heavy (non-hydrogen) atoms. The summed E-state index contributed by atoms with van der Waals surface area (Å²) in [6.07, 6.45) is 0. The summed E-state index contributed by atoms with van der Waals surface area (Å²) in [5.74, 6) is 0.625. The summed E-state index contributed by atoms with van der Waals surface area (Å²) in [5.41, 5.74) is 3.67.